The van der Waals surface area contributed by atoms with E-state index in [4.69, 9.17) is 5.73 Å². The van der Waals surface area contributed by atoms with E-state index in [9.17, 15) is 0 Å². The van der Waals surface area contributed by atoms with Gasteiger partial charge in [0.15, 0.2) is 0 Å². The van der Waals surface area contributed by atoms with E-state index in [1.807, 2.05) is 0 Å². The number of rotatable bonds is 4. The highest BCUT2D eigenvalue weighted by Gasteiger charge is 2.07. The number of nitrogens with two attached hydrogens (primary N) is 1. The van der Waals surface area contributed by atoms with Crippen LogP contribution in [0, 0.1) is 0 Å². The lowest BCUT2D eigenvalue weighted by Crippen LogP contribution is -2.12. The van der Waals surface area contributed by atoms with Crippen LogP contribution in [0.25, 0.3) is 0 Å². The number of hydrogen-bond donors (Lipinski definition) is 1. The Morgan fingerprint density at radius 2 is 2.12 bits per heavy atom. The first kappa shape index (κ1) is 11.4. The molecule has 1 nitrogen and oxygen atoms in total. The average Bonchev–Trinajstić information content (AvgIpc) is 2.82. The summed E-state index contributed by atoms with van der Waals surface area (Å²) in [5.41, 5.74) is 8.82. The van der Waals surface area contributed by atoms with Gasteiger partial charge in [-0.05, 0) is 29.0 Å². The van der Waals surface area contributed by atoms with Gasteiger partial charge < -0.3 is 5.73 Å². The van der Waals surface area contributed by atoms with Crippen molar-refractivity contribution in [2.75, 3.05) is 0 Å². The Labute approximate surface area is 101 Å². The maximum atomic E-state index is 6.22. The SMILES string of the molecule is CCc1cccc(C(N)Cc2cccs2)c1. The van der Waals surface area contributed by atoms with Crippen molar-refractivity contribution in [3.63, 3.8) is 0 Å². The summed E-state index contributed by atoms with van der Waals surface area (Å²) >= 11 is 1.78. The zero-order valence-electron chi connectivity index (χ0n) is 9.52. The zero-order chi connectivity index (χ0) is 11.4. The van der Waals surface area contributed by atoms with E-state index in [-0.39, 0.29) is 6.04 Å². The molecule has 2 aromatic rings. The fraction of sp³-hybridized carbons (Fsp3) is 0.286. The minimum absolute atomic E-state index is 0.116. The number of thiophene rings is 1. The second-order valence-electron chi connectivity index (χ2n) is 3.99. The van der Waals surface area contributed by atoms with E-state index < -0.39 is 0 Å². The first-order valence-corrected chi connectivity index (χ1v) is 6.54. The maximum absolute atomic E-state index is 6.22. The molecule has 0 aliphatic heterocycles. The van der Waals surface area contributed by atoms with Crippen LogP contribution >= 0.6 is 11.3 Å². The van der Waals surface area contributed by atoms with Gasteiger partial charge >= 0.3 is 0 Å². The Balaban J connectivity index is 2.11. The van der Waals surface area contributed by atoms with Gasteiger partial charge in [0.25, 0.3) is 0 Å². The van der Waals surface area contributed by atoms with Crippen molar-refractivity contribution in [1.82, 2.24) is 0 Å². The quantitative estimate of drug-likeness (QED) is 0.855. The summed E-state index contributed by atoms with van der Waals surface area (Å²) < 4.78 is 0. The summed E-state index contributed by atoms with van der Waals surface area (Å²) in [7, 11) is 0. The smallest absolute Gasteiger partial charge is 0.0343 e. The van der Waals surface area contributed by atoms with Crippen LogP contribution in [-0.4, -0.2) is 0 Å². The average molecular weight is 231 g/mol. The van der Waals surface area contributed by atoms with E-state index in [2.05, 4.69) is 48.7 Å². The van der Waals surface area contributed by atoms with Crippen molar-refractivity contribution >= 4 is 11.3 Å². The van der Waals surface area contributed by atoms with Crippen LogP contribution in [-0.2, 0) is 12.8 Å². The molecule has 1 aromatic heterocycles. The van der Waals surface area contributed by atoms with Crippen LogP contribution in [0.5, 0.6) is 0 Å². The summed E-state index contributed by atoms with van der Waals surface area (Å²) in [6, 6.07) is 12.9. The molecule has 0 fully saturated rings. The molecular formula is C14H17NS. The van der Waals surface area contributed by atoms with Crippen molar-refractivity contribution in [1.29, 1.82) is 0 Å². The lowest BCUT2D eigenvalue weighted by Gasteiger charge is -2.12. The minimum atomic E-state index is 0.116. The van der Waals surface area contributed by atoms with Gasteiger partial charge in [-0.1, -0.05) is 37.3 Å². The summed E-state index contributed by atoms with van der Waals surface area (Å²) in [6.45, 7) is 2.17. The second kappa shape index (κ2) is 5.28. The topological polar surface area (TPSA) is 26.0 Å². The third-order valence-corrected chi connectivity index (χ3v) is 3.69. The van der Waals surface area contributed by atoms with Crippen LogP contribution in [0.2, 0.25) is 0 Å². The predicted molar refractivity (Wildman–Crippen MR) is 70.8 cm³/mol. The third kappa shape index (κ3) is 2.71. The van der Waals surface area contributed by atoms with E-state index in [0.29, 0.717) is 0 Å². The first-order chi connectivity index (χ1) is 7.79. The first-order valence-electron chi connectivity index (χ1n) is 5.66. The monoisotopic (exact) mass is 231 g/mol. The molecule has 0 aliphatic carbocycles. The largest absolute Gasteiger partial charge is 0.324 e. The molecule has 0 saturated heterocycles. The van der Waals surface area contributed by atoms with Crippen molar-refractivity contribution in [2.45, 2.75) is 25.8 Å². The van der Waals surface area contributed by atoms with Gasteiger partial charge in [0.1, 0.15) is 0 Å². The molecule has 16 heavy (non-hydrogen) atoms. The number of hydrogen-bond acceptors (Lipinski definition) is 2. The molecule has 1 aromatic carbocycles. The van der Waals surface area contributed by atoms with E-state index in [0.717, 1.165) is 12.8 Å². The fourth-order valence-electron chi connectivity index (χ4n) is 1.81. The summed E-state index contributed by atoms with van der Waals surface area (Å²) in [6.07, 6.45) is 2.00. The van der Waals surface area contributed by atoms with Crippen molar-refractivity contribution in [3.8, 4) is 0 Å². The fourth-order valence-corrected chi connectivity index (χ4v) is 2.57. The van der Waals surface area contributed by atoms with Gasteiger partial charge in [-0.2, -0.15) is 0 Å². The molecule has 1 unspecified atom stereocenters. The molecule has 84 valence electrons. The Kier molecular flexibility index (Phi) is 3.75. The molecule has 1 heterocycles. The van der Waals surface area contributed by atoms with Gasteiger partial charge in [-0.3, -0.25) is 0 Å². The second-order valence-corrected chi connectivity index (χ2v) is 5.02. The predicted octanol–water partition coefficient (Wildman–Crippen LogP) is 3.55. The van der Waals surface area contributed by atoms with Crippen molar-refractivity contribution < 1.29 is 0 Å². The highest BCUT2D eigenvalue weighted by Crippen LogP contribution is 2.20. The molecule has 2 N–H and O–H groups in total. The van der Waals surface area contributed by atoms with Crippen molar-refractivity contribution in [2.24, 2.45) is 5.73 Å². The molecule has 1 atom stereocenters. The van der Waals surface area contributed by atoms with Gasteiger partial charge in [-0.25, -0.2) is 0 Å². The molecule has 0 aliphatic rings. The molecule has 2 heteroatoms. The van der Waals surface area contributed by atoms with E-state index >= 15 is 0 Å². The molecule has 2 rings (SSSR count). The lowest BCUT2D eigenvalue weighted by molar-refractivity contribution is 0.728. The van der Waals surface area contributed by atoms with Crippen LogP contribution in [0.1, 0.15) is 29.0 Å². The number of benzene rings is 1. The highest BCUT2D eigenvalue weighted by atomic mass is 32.1. The summed E-state index contributed by atoms with van der Waals surface area (Å²) in [5.74, 6) is 0. The Morgan fingerprint density at radius 1 is 1.25 bits per heavy atom. The minimum Gasteiger partial charge on any atom is -0.324 e. The van der Waals surface area contributed by atoms with Crippen LogP contribution in [0.4, 0.5) is 0 Å². The van der Waals surface area contributed by atoms with Gasteiger partial charge in [0, 0.05) is 17.3 Å². The summed E-state index contributed by atoms with van der Waals surface area (Å²) in [4.78, 5) is 1.36. The van der Waals surface area contributed by atoms with Crippen LogP contribution in [0.3, 0.4) is 0 Å². The zero-order valence-corrected chi connectivity index (χ0v) is 10.3. The van der Waals surface area contributed by atoms with E-state index in [1.165, 1.54) is 16.0 Å². The summed E-state index contributed by atoms with van der Waals surface area (Å²) in [5, 5.41) is 2.10. The molecule has 0 bridgehead atoms. The normalized spacial score (nSPS) is 12.6. The van der Waals surface area contributed by atoms with Crippen molar-refractivity contribution in [3.05, 3.63) is 57.8 Å². The van der Waals surface area contributed by atoms with Gasteiger partial charge in [0.05, 0.1) is 0 Å². The molecule has 0 saturated carbocycles. The molecule has 0 amide bonds. The third-order valence-electron chi connectivity index (χ3n) is 2.79. The van der Waals surface area contributed by atoms with E-state index in [1.54, 1.807) is 11.3 Å². The van der Waals surface area contributed by atoms with Gasteiger partial charge in [-0.15, -0.1) is 11.3 Å². The van der Waals surface area contributed by atoms with Crippen LogP contribution in [0.15, 0.2) is 41.8 Å². The molecule has 0 spiro atoms. The van der Waals surface area contributed by atoms with Crippen LogP contribution < -0.4 is 5.73 Å². The molecule has 0 radical (unpaired) electrons. The Bertz CT molecular complexity index is 434. The maximum Gasteiger partial charge on any atom is 0.0343 e. The molecular weight excluding hydrogens is 214 g/mol. The Hall–Kier alpha value is -1.12. The lowest BCUT2D eigenvalue weighted by atomic mass is 10.0. The Morgan fingerprint density at radius 3 is 2.81 bits per heavy atom. The number of aryl methyl sites for hydroxylation is 1. The standard InChI is InChI=1S/C14H17NS/c1-2-11-5-3-6-12(9-11)14(15)10-13-7-4-8-16-13/h3-9,14H,2,10,15H2,1H3. The highest BCUT2D eigenvalue weighted by molar-refractivity contribution is 7.09. The van der Waals surface area contributed by atoms with Gasteiger partial charge in [0.2, 0.25) is 0 Å².